The van der Waals surface area contributed by atoms with Gasteiger partial charge in [0.05, 0.1) is 11.3 Å². The van der Waals surface area contributed by atoms with Gasteiger partial charge in [-0.25, -0.2) is 4.98 Å². The van der Waals surface area contributed by atoms with Crippen LogP contribution in [0.3, 0.4) is 0 Å². The fraction of sp³-hybridized carbons (Fsp3) is 0.308. The smallest absolute Gasteiger partial charge is 0.288 e. The van der Waals surface area contributed by atoms with Crippen LogP contribution in [0.15, 0.2) is 21.8 Å². The lowest BCUT2D eigenvalue weighted by atomic mass is 10.1. The summed E-state index contributed by atoms with van der Waals surface area (Å²) in [6.45, 7) is 3.71. The number of hydrogen-bond acceptors (Lipinski definition) is 6. The van der Waals surface area contributed by atoms with Gasteiger partial charge in [-0.1, -0.05) is 16.4 Å². The Labute approximate surface area is 125 Å². The number of nitrogens with one attached hydrogen (secondary N) is 1. The fourth-order valence-electron chi connectivity index (χ4n) is 1.73. The third kappa shape index (κ3) is 3.79. The van der Waals surface area contributed by atoms with Gasteiger partial charge in [0.25, 0.3) is 6.20 Å². The fourth-order valence-corrected chi connectivity index (χ4v) is 2.63. The average molecular weight is 304 g/mol. The predicted octanol–water partition coefficient (Wildman–Crippen LogP) is 1.11. The molecule has 2 aromatic heterocycles. The number of pyridine rings is 1. The predicted molar refractivity (Wildman–Crippen MR) is 75.5 cm³/mol. The Morgan fingerprint density at radius 1 is 1.57 bits per heavy atom. The number of rotatable bonds is 4. The van der Waals surface area contributed by atoms with Crippen LogP contribution in [-0.4, -0.2) is 21.9 Å². The average Bonchev–Trinajstić information content (AvgIpc) is 2.81. The summed E-state index contributed by atoms with van der Waals surface area (Å²) in [6, 6.07) is 3.97. The highest BCUT2D eigenvalue weighted by molar-refractivity contribution is 8.00. The van der Waals surface area contributed by atoms with E-state index in [0.717, 1.165) is 11.3 Å². The summed E-state index contributed by atoms with van der Waals surface area (Å²) in [5.74, 6) is 0.160. The van der Waals surface area contributed by atoms with Crippen molar-refractivity contribution in [3.63, 3.8) is 0 Å². The molecule has 1 amide bonds. The minimum atomic E-state index is -0.249. The van der Waals surface area contributed by atoms with E-state index in [2.05, 4.69) is 21.6 Å². The van der Waals surface area contributed by atoms with Crippen LogP contribution in [0.1, 0.15) is 16.8 Å². The molecule has 0 radical (unpaired) electrons. The summed E-state index contributed by atoms with van der Waals surface area (Å²) < 4.78 is 6.32. The summed E-state index contributed by atoms with van der Waals surface area (Å²) in [4.78, 5) is 16.1. The highest BCUT2D eigenvalue weighted by Crippen LogP contribution is 2.23. The SMILES string of the molecule is Cc1cc(C)c(C#N)c(SCC(=O)Nc2c[n+](C)no2)n1. The molecule has 2 rings (SSSR count). The summed E-state index contributed by atoms with van der Waals surface area (Å²) in [7, 11) is 1.69. The molecule has 0 spiro atoms. The van der Waals surface area contributed by atoms with Crippen molar-refractivity contribution < 1.29 is 14.0 Å². The second kappa shape index (κ2) is 6.37. The topological polar surface area (TPSA) is 95.7 Å². The van der Waals surface area contributed by atoms with E-state index in [1.165, 1.54) is 16.4 Å². The number of amides is 1. The zero-order valence-corrected chi connectivity index (χ0v) is 12.7. The molecule has 0 aliphatic carbocycles. The molecule has 0 fully saturated rings. The van der Waals surface area contributed by atoms with E-state index in [9.17, 15) is 4.79 Å². The molecular formula is C13H14N5O2S+. The lowest BCUT2D eigenvalue weighted by molar-refractivity contribution is -0.739. The van der Waals surface area contributed by atoms with Gasteiger partial charge in [-0.05, 0) is 25.5 Å². The van der Waals surface area contributed by atoms with Crippen molar-refractivity contribution in [1.82, 2.24) is 10.3 Å². The lowest BCUT2D eigenvalue weighted by Gasteiger charge is -2.06. The monoisotopic (exact) mass is 304 g/mol. The lowest BCUT2D eigenvalue weighted by Crippen LogP contribution is -2.28. The van der Waals surface area contributed by atoms with Crippen molar-refractivity contribution in [2.24, 2.45) is 7.05 Å². The molecule has 0 atom stereocenters. The van der Waals surface area contributed by atoms with Gasteiger partial charge in [-0.2, -0.15) is 5.26 Å². The molecule has 8 heteroatoms. The number of aryl methyl sites for hydroxylation is 3. The van der Waals surface area contributed by atoms with Crippen LogP contribution in [-0.2, 0) is 11.8 Å². The number of hydrogen-bond donors (Lipinski definition) is 1. The Morgan fingerprint density at radius 3 is 2.95 bits per heavy atom. The summed E-state index contributed by atoms with van der Waals surface area (Å²) in [5, 5.41) is 15.9. The Balaban J connectivity index is 2.03. The first-order chi connectivity index (χ1) is 9.99. The van der Waals surface area contributed by atoms with Gasteiger partial charge in [0.1, 0.15) is 11.1 Å². The van der Waals surface area contributed by atoms with Crippen LogP contribution >= 0.6 is 11.8 Å². The van der Waals surface area contributed by atoms with Crippen molar-refractivity contribution >= 4 is 23.6 Å². The highest BCUT2D eigenvalue weighted by Gasteiger charge is 2.14. The maximum Gasteiger partial charge on any atom is 0.302 e. The molecule has 21 heavy (non-hydrogen) atoms. The molecular weight excluding hydrogens is 290 g/mol. The molecule has 0 aromatic carbocycles. The zero-order valence-electron chi connectivity index (χ0n) is 11.9. The van der Waals surface area contributed by atoms with Gasteiger partial charge in [0.15, 0.2) is 12.3 Å². The van der Waals surface area contributed by atoms with Crippen LogP contribution in [0.25, 0.3) is 0 Å². The van der Waals surface area contributed by atoms with E-state index >= 15 is 0 Å². The molecule has 0 saturated heterocycles. The Morgan fingerprint density at radius 2 is 2.33 bits per heavy atom. The molecule has 1 N–H and O–H groups in total. The first kappa shape index (κ1) is 15.0. The van der Waals surface area contributed by atoms with Crippen LogP contribution in [0.5, 0.6) is 0 Å². The maximum absolute atomic E-state index is 11.8. The highest BCUT2D eigenvalue weighted by atomic mass is 32.2. The van der Waals surface area contributed by atoms with Crippen molar-refractivity contribution in [2.45, 2.75) is 18.9 Å². The Bertz CT molecular complexity index is 720. The number of nitrogens with zero attached hydrogens (tertiary/aromatic N) is 4. The third-order valence-corrected chi connectivity index (χ3v) is 3.57. The zero-order chi connectivity index (χ0) is 15.4. The van der Waals surface area contributed by atoms with E-state index in [1.807, 2.05) is 19.9 Å². The second-order valence-electron chi connectivity index (χ2n) is 4.45. The quantitative estimate of drug-likeness (QED) is 0.671. The summed E-state index contributed by atoms with van der Waals surface area (Å²) in [5.41, 5.74) is 2.18. The molecule has 2 heterocycles. The van der Waals surface area contributed by atoms with Gasteiger partial charge in [-0.3, -0.25) is 14.6 Å². The number of thioether (sulfide) groups is 1. The van der Waals surface area contributed by atoms with Crippen LogP contribution < -0.4 is 10.00 Å². The van der Waals surface area contributed by atoms with Crippen molar-refractivity contribution in [3.8, 4) is 6.07 Å². The first-order valence-electron chi connectivity index (χ1n) is 6.13. The van der Waals surface area contributed by atoms with Crippen LogP contribution in [0.4, 0.5) is 5.88 Å². The van der Waals surface area contributed by atoms with Crippen molar-refractivity contribution in [3.05, 3.63) is 29.1 Å². The minimum absolute atomic E-state index is 0.134. The van der Waals surface area contributed by atoms with Gasteiger partial charge < -0.3 is 0 Å². The minimum Gasteiger partial charge on any atom is -0.288 e. The maximum atomic E-state index is 11.8. The third-order valence-electron chi connectivity index (χ3n) is 2.60. The number of aromatic nitrogens is 3. The van der Waals surface area contributed by atoms with Crippen molar-refractivity contribution in [2.75, 3.05) is 11.1 Å². The standard InChI is InChI=1S/C13H13N5O2S/c1-8-4-9(2)15-13(10(8)5-14)21-7-11(19)16-12-6-18(3)17-20-12/h4,6H,7H2,1-3H3/p+1. The number of anilines is 1. The Kier molecular flexibility index (Phi) is 4.55. The first-order valence-corrected chi connectivity index (χ1v) is 7.12. The van der Waals surface area contributed by atoms with Gasteiger partial charge in [0.2, 0.25) is 5.91 Å². The number of nitriles is 1. The van der Waals surface area contributed by atoms with Crippen LogP contribution in [0, 0.1) is 25.2 Å². The van der Waals surface area contributed by atoms with Gasteiger partial charge in [0, 0.05) is 5.69 Å². The normalized spacial score (nSPS) is 10.2. The molecule has 2 aromatic rings. The summed E-state index contributed by atoms with van der Waals surface area (Å²) in [6.07, 6.45) is 1.55. The molecule has 0 saturated carbocycles. The molecule has 0 aliphatic rings. The molecule has 0 aliphatic heterocycles. The van der Waals surface area contributed by atoms with Gasteiger partial charge >= 0.3 is 5.88 Å². The van der Waals surface area contributed by atoms with E-state index in [-0.39, 0.29) is 17.5 Å². The van der Waals surface area contributed by atoms with E-state index in [1.54, 1.807) is 13.2 Å². The largest absolute Gasteiger partial charge is 0.302 e. The summed E-state index contributed by atoms with van der Waals surface area (Å²) >= 11 is 1.22. The van der Waals surface area contributed by atoms with Crippen LogP contribution in [0.2, 0.25) is 0 Å². The van der Waals surface area contributed by atoms with E-state index in [0.29, 0.717) is 10.6 Å². The molecule has 108 valence electrons. The second-order valence-corrected chi connectivity index (χ2v) is 5.41. The van der Waals surface area contributed by atoms with Gasteiger partial charge in [-0.15, -0.1) is 0 Å². The molecule has 7 nitrogen and oxygen atoms in total. The van der Waals surface area contributed by atoms with E-state index in [4.69, 9.17) is 9.78 Å². The van der Waals surface area contributed by atoms with E-state index < -0.39 is 0 Å². The van der Waals surface area contributed by atoms with Crippen molar-refractivity contribution in [1.29, 1.82) is 5.26 Å². The Hall–Kier alpha value is -2.40. The molecule has 0 unspecified atom stereocenters. The molecule has 0 bridgehead atoms. The number of carbonyl (C=O) groups is 1. The number of carbonyl (C=O) groups excluding carboxylic acids is 1.